The number of sulfone groups is 1. The molecule has 0 aromatic rings. The summed E-state index contributed by atoms with van der Waals surface area (Å²) in [5.41, 5.74) is 0. The molecule has 5 nitrogen and oxygen atoms in total. The predicted molar refractivity (Wildman–Crippen MR) is 62.9 cm³/mol. The van der Waals surface area contributed by atoms with Crippen LogP contribution >= 0.6 is 0 Å². The van der Waals surface area contributed by atoms with E-state index in [9.17, 15) is 13.2 Å². The Morgan fingerprint density at radius 1 is 1.44 bits per heavy atom. The van der Waals surface area contributed by atoms with Gasteiger partial charge in [0.2, 0.25) is 5.91 Å². The lowest BCUT2D eigenvalue weighted by Crippen LogP contribution is -2.33. The molecule has 0 aliphatic carbocycles. The van der Waals surface area contributed by atoms with Crippen LogP contribution in [0.15, 0.2) is 0 Å². The zero-order valence-corrected chi connectivity index (χ0v) is 10.7. The van der Waals surface area contributed by atoms with Crippen LogP contribution in [0.2, 0.25) is 0 Å². The molecule has 0 radical (unpaired) electrons. The summed E-state index contributed by atoms with van der Waals surface area (Å²) in [6, 6.07) is 0. The third kappa shape index (κ3) is 4.49. The molecule has 16 heavy (non-hydrogen) atoms. The van der Waals surface area contributed by atoms with Crippen molar-refractivity contribution in [2.75, 3.05) is 38.7 Å². The quantitative estimate of drug-likeness (QED) is 0.665. The fraction of sp³-hybridized carbons (Fsp3) is 0.900. The monoisotopic (exact) mass is 248 g/mol. The van der Waals surface area contributed by atoms with Gasteiger partial charge < -0.3 is 10.2 Å². The first-order valence-electron chi connectivity index (χ1n) is 5.53. The van der Waals surface area contributed by atoms with Crippen LogP contribution in [-0.4, -0.2) is 57.9 Å². The maximum atomic E-state index is 11.6. The first-order chi connectivity index (χ1) is 7.41. The Hall–Kier alpha value is -0.620. The third-order valence-corrected chi connectivity index (χ3v) is 4.45. The second-order valence-corrected chi connectivity index (χ2v) is 6.78. The van der Waals surface area contributed by atoms with Crippen LogP contribution in [0.5, 0.6) is 0 Å². The Morgan fingerprint density at radius 3 is 2.62 bits per heavy atom. The van der Waals surface area contributed by atoms with Gasteiger partial charge in [-0.3, -0.25) is 4.79 Å². The smallest absolute Gasteiger partial charge is 0.224 e. The summed E-state index contributed by atoms with van der Waals surface area (Å²) in [5, 5.41) is 2.79. The van der Waals surface area contributed by atoms with E-state index in [2.05, 4.69) is 5.32 Å². The van der Waals surface area contributed by atoms with Crippen molar-refractivity contribution in [2.45, 2.75) is 12.8 Å². The third-order valence-electron chi connectivity index (χ3n) is 2.68. The molecule has 6 heteroatoms. The van der Waals surface area contributed by atoms with E-state index in [1.165, 1.54) is 0 Å². The molecule has 1 fully saturated rings. The van der Waals surface area contributed by atoms with Gasteiger partial charge in [0.25, 0.3) is 0 Å². The lowest BCUT2D eigenvalue weighted by Gasteiger charge is -2.11. The van der Waals surface area contributed by atoms with Crippen LogP contribution in [0.25, 0.3) is 0 Å². The summed E-state index contributed by atoms with van der Waals surface area (Å²) >= 11 is 0. The molecule has 1 rings (SSSR count). The minimum absolute atomic E-state index is 0.0204. The number of hydrogen-bond donors (Lipinski definition) is 1. The topological polar surface area (TPSA) is 66.5 Å². The molecule has 94 valence electrons. The van der Waals surface area contributed by atoms with E-state index >= 15 is 0 Å². The molecule has 0 saturated carbocycles. The highest BCUT2D eigenvalue weighted by molar-refractivity contribution is 7.91. The Labute approximate surface area is 97.1 Å². The van der Waals surface area contributed by atoms with E-state index in [1.807, 2.05) is 19.0 Å². The average Bonchev–Trinajstić information content (AvgIpc) is 2.53. The standard InChI is InChI=1S/C10H20N2O3S/c1-12(2)6-3-5-11-10(13)9-4-7-16(14,15)8-9/h9H,3-8H2,1-2H3,(H,11,13). The second-order valence-electron chi connectivity index (χ2n) is 4.55. The van der Waals surface area contributed by atoms with Gasteiger partial charge in [0.05, 0.1) is 17.4 Å². The van der Waals surface area contributed by atoms with Gasteiger partial charge in [-0.25, -0.2) is 8.42 Å². The normalized spacial score (nSPS) is 23.6. The molecule has 1 aliphatic rings. The summed E-state index contributed by atoms with van der Waals surface area (Å²) in [5.74, 6) is -0.265. The number of carbonyl (C=O) groups excluding carboxylic acids is 1. The van der Waals surface area contributed by atoms with E-state index in [0.717, 1.165) is 13.0 Å². The van der Waals surface area contributed by atoms with Gasteiger partial charge in [-0.05, 0) is 33.5 Å². The Bertz CT molecular complexity index is 338. The number of rotatable bonds is 5. The molecular weight excluding hydrogens is 228 g/mol. The average molecular weight is 248 g/mol. The molecule has 1 atom stereocenters. The fourth-order valence-corrected chi connectivity index (χ4v) is 3.49. The van der Waals surface area contributed by atoms with Crippen LogP contribution in [0.3, 0.4) is 0 Å². The number of amides is 1. The minimum Gasteiger partial charge on any atom is -0.356 e. The molecule has 0 aromatic heterocycles. The van der Waals surface area contributed by atoms with Crippen LogP contribution < -0.4 is 5.32 Å². The van der Waals surface area contributed by atoms with E-state index in [4.69, 9.17) is 0 Å². The first kappa shape index (κ1) is 13.4. The van der Waals surface area contributed by atoms with Gasteiger partial charge in [-0.2, -0.15) is 0 Å². The molecule has 1 N–H and O–H groups in total. The second kappa shape index (κ2) is 5.63. The van der Waals surface area contributed by atoms with Crippen LogP contribution in [0.1, 0.15) is 12.8 Å². The first-order valence-corrected chi connectivity index (χ1v) is 7.36. The molecule has 0 spiro atoms. The molecule has 1 heterocycles. The zero-order chi connectivity index (χ0) is 12.2. The van der Waals surface area contributed by atoms with E-state index in [0.29, 0.717) is 13.0 Å². The highest BCUT2D eigenvalue weighted by atomic mass is 32.2. The predicted octanol–water partition coefficient (Wildman–Crippen LogP) is -0.511. The Kier molecular flexibility index (Phi) is 4.73. The molecule has 0 bridgehead atoms. The maximum absolute atomic E-state index is 11.6. The highest BCUT2D eigenvalue weighted by Crippen LogP contribution is 2.18. The van der Waals surface area contributed by atoms with E-state index < -0.39 is 9.84 Å². The lowest BCUT2D eigenvalue weighted by molar-refractivity contribution is -0.124. The van der Waals surface area contributed by atoms with Crippen molar-refractivity contribution in [1.29, 1.82) is 0 Å². The number of nitrogens with zero attached hydrogens (tertiary/aromatic N) is 1. The summed E-state index contributed by atoms with van der Waals surface area (Å²) in [6.45, 7) is 1.54. The largest absolute Gasteiger partial charge is 0.356 e. The number of hydrogen-bond acceptors (Lipinski definition) is 4. The fourth-order valence-electron chi connectivity index (χ4n) is 1.75. The molecule has 1 aliphatic heterocycles. The van der Waals surface area contributed by atoms with Gasteiger partial charge in [-0.1, -0.05) is 0 Å². The van der Waals surface area contributed by atoms with Crippen molar-refractivity contribution in [3.8, 4) is 0 Å². The van der Waals surface area contributed by atoms with E-state index in [-0.39, 0.29) is 23.3 Å². The van der Waals surface area contributed by atoms with Crippen LogP contribution in [0, 0.1) is 5.92 Å². The van der Waals surface area contributed by atoms with Crippen LogP contribution in [-0.2, 0) is 14.6 Å². The summed E-state index contributed by atoms with van der Waals surface area (Å²) < 4.78 is 22.4. The molecular formula is C10H20N2O3S. The van der Waals surface area contributed by atoms with Crippen molar-refractivity contribution in [3.05, 3.63) is 0 Å². The van der Waals surface area contributed by atoms with Gasteiger partial charge in [0.15, 0.2) is 9.84 Å². The molecule has 1 amide bonds. The lowest BCUT2D eigenvalue weighted by atomic mass is 10.1. The zero-order valence-electron chi connectivity index (χ0n) is 9.90. The molecule has 1 saturated heterocycles. The summed E-state index contributed by atoms with van der Waals surface area (Å²) in [4.78, 5) is 13.6. The summed E-state index contributed by atoms with van der Waals surface area (Å²) in [7, 11) is 1.00. The van der Waals surface area contributed by atoms with Gasteiger partial charge in [0, 0.05) is 6.54 Å². The Balaban J connectivity index is 2.21. The Morgan fingerprint density at radius 2 is 2.12 bits per heavy atom. The van der Waals surface area contributed by atoms with Gasteiger partial charge >= 0.3 is 0 Å². The van der Waals surface area contributed by atoms with Crippen molar-refractivity contribution in [1.82, 2.24) is 10.2 Å². The molecule has 1 unspecified atom stereocenters. The van der Waals surface area contributed by atoms with Crippen LogP contribution in [0.4, 0.5) is 0 Å². The van der Waals surface area contributed by atoms with Crippen molar-refractivity contribution < 1.29 is 13.2 Å². The van der Waals surface area contributed by atoms with Crippen molar-refractivity contribution in [2.24, 2.45) is 5.92 Å². The minimum atomic E-state index is -2.95. The van der Waals surface area contributed by atoms with Gasteiger partial charge in [-0.15, -0.1) is 0 Å². The van der Waals surface area contributed by atoms with Gasteiger partial charge in [0.1, 0.15) is 0 Å². The highest BCUT2D eigenvalue weighted by Gasteiger charge is 2.32. The molecule has 0 aromatic carbocycles. The maximum Gasteiger partial charge on any atom is 0.224 e. The SMILES string of the molecule is CN(C)CCCNC(=O)C1CCS(=O)(=O)C1. The number of carbonyl (C=O) groups is 1. The van der Waals surface area contributed by atoms with E-state index in [1.54, 1.807) is 0 Å². The number of nitrogens with one attached hydrogen (secondary N) is 1. The van der Waals surface area contributed by atoms with Crippen molar-refractivity contribution in [3.63, 3.8) is 0 Å². The van der Waals surface area contributed by atoms with Crippen molar-refractivity contribution >= 4 is 15.7 Å². The summed E-state index contributed by atoms with van der Waals surface area (Å²) in [6.07, 6.45) is 1.36.